The molecule has 3 rings (SSSR count). The Balaban J connectivity index is 2.13. The van der Waals surface area contributed by atoms with Crippen molar-refractivity contribution in [1.29, 1.82) is 0 Å². The van der Waals surface area contributed by atoms with Crippen LogP contribution in [0.15, 0.2) is 21.4 Å². The van der Waals surface area contributed by atoms with E-state index in [-0.39, 0.29) is 11.5 Å². The number of aliphatic hydroxyl groups is 1. The minimum absolute atomic E-state index is 0.0592. The molecule has 0 unspecified atom stereocenters. The number of rotatable bonds is 3. The molecule has 22 heavy (non-hydrogen) atoms. The van der Waals surface area contributed by atoms with Crippen molar-refractivity contribution in [3.05, 3.63) is 31.8 Å². The molecule has 0 saturated carbocycles. The predicted molar refractivity (Wildman–Crippen MR) is 91.7 cm³/mol. The van der Waals surface area contributed by atoms with E-state index >= 15 is 0 Å². The molecule has 0 aliphatic carbocycles. The Morgan fingerprint density at radius 1 is 1.41 bits per heavy atom. The Hall–Kier alpha value is -1.40. The summed E-state index contributed by atoms with van der Waals surface area (Å²) in [6.07, 6.45) is 3.07. The first-order valence-electron chi connectivity index (χ1n) is 7.06. The summed E-state index contributed by atoms with van der Waals surface area (Å²) in [6, 6.07) is 3.72. The second kappa shape index (κ2) is 6.38. The summed E-state index contributed by atoms with van der Waals surface area (Å²) < 4.78 is 3.28. The number of thiazole rings is 1. The number of aromatic nitrogens is 1. The molecule has 1 aromatic carbocycles. The van der Waals surface area contributed by atoms with Crippen LogP contribution in [0.1, 0.15) is 18.4 Å². The average molecular weight is 383 g/mol. The molecule has 1 fully saturated rings. The SMILES string of the molecule is O=C=Cc1c(Br)ccc2sc(=O)n(N3CCC(CO)CC3)c12. The zero-order chi connectivity index (χ0) is 15.7. The van der Waals surface area contributed by atoms with Gasteiger partial charge in [0.2, 0.25) is 0 Å². The standard InChI is InChI=1S/C15H15BrN2O3S/c16-12-1-2-13-14(11(12)5-8-19)18(15(21)22-13)17-6-3-10(9-20)4-7-17/h1-2,5,10,20H,3-4,6-7,9H2. The van der Waals surface area contributed by atoms with Gasteiger partial charge in [-0.2, -0.15) is 0 Å². The van der Waals surface area contributed by atoms with Crippen molar-refractivity contribution in [2.75, 3.05) is 24.7 Å². The highest BCUT2D eigenvalue weighted by molar-refractivity contribution is 9.10. The Bertz CT molecular complexity index is 799. The van der Waals surface area contributed by atoms with Crippen molar-refractivity contribution in [2.45, 2.75) is 12.8 Å². The molecule has 116 valence electrons. The van der Waals surface area contributed by atoms with Crippen LogP contribution in [-0.2, 0) is 4.79 Å². The van der Waals surface area contributed by atoms with Gasteiger partial charge >= 0.3 is 4.87 Å². The van der Waals surface area contributed by atoms with E-state index in [1.165, 1.54) is 17.4 Å². The first kappa shape index (κ1) is 15.5. The topological polar surface area (TPSA) is 62.5 Å². The number of carbonyl (C=O) groups excluding carboxylic acids is 1. The monoisotopic (exact) mass is 382 g/mol. The molecule has 0 amide bonds. The van der Waals surface area contributed by atoms with Gasteiger partial charge in [-0.15, -0.1) is 0 Å². The maximum Gasteiger partial charge on any atom is 0.326 e. The molecule has 1 aliphatic rings. The van der Waals surface area contributed by atoms with Gasteiger partial charge < -0.3 is 10.1 Å². The third-order valence-electron chi connectivity index (χ3n) is 4.04. The van der Waals surface area contributed by atoms with Gasteiger partial charge in [0, 0.05) is 35.8 Å². The lowest BCUT2D eigenvalue weighted by molar-refractivity contribution is 0.196. The van der Waals surface area contributed by atoms with Crippen LogP contribution in [0.3, 0.4) is 0 Å². The number of aliphatic hydroxyl groups excluding tert-OH is 1. The number of piperidine rings is 1. The minimum Gasteiger partial charge on any atom is -0.396 e. The van der Waals surface area contributed by atoms with Crippen LogP contribution in [0, 0.1) is 5.92 Å². The maximum absolute atomic E-state index is 12.4. The van der Waals surface area contributed by atoms with E-state index in [1.54, 1.807) is 10.6 Å². The number of fused-ring (bicyclic) bond motifs is 1. The highest BCUT2D eigenvalue weighted by Crippen LogP contribution is 2.30. The molecule has 1 aromatic heterocycles. The largest absolute Gasteiger partial charge is 0.396 e. The molecular formula is C15H15BrN2O3S. The smallest absolute Gasteiger partial charge is 0.326 e. The van der Waals surface area contributed by atoms with Gasteiger partial charge in [-0.3, -0.25) is 4.79 Å². The van der Waals surface area contributed by atoms with Crippen LogP contribution in [-0.4, -0.2) is 35.4 Å². The number of nitrogens with zero attached hydrogens (tertiary/aromatic N) is 2. The molecular weight excluding hydrogens is 368 g/mol. The fourth-order valence-electron chi connectivity index (χ4n) is 2.85. The lowest BCUT2D eigenvalue weighted by Gasteiger charge is -2.33. The summed E-state index contributed by atoms with van der Waals surface area (Å²) in [5.74, 6) is 2.11. The molecule has 1 aliphatic heterocycles. The fourth-order valence-corrected chi connectivity index (χ4v) is 4.19. The van der Waals surface area contributed by atoms with Crippen LogP contribution in [0.5, 0.6) is 0 Å². The van der Waals surface area contributed by atoms with Crippen LogP contribution in [0.25, 0.3) is 16.3 Å². The number of halogens is 1. The van der Waals surface area contributed by atoms with E-state index in [0.29, 0.717) is 24.6 Å². The normalized spacial score (nSPS) is 16.0. The summed E-state index contributed by atoms with van der Waals surface area (Å²) in [5, 5.41) is 11.2. The van der Waals surface area contributed by atoms with Crippen molar-refractivity contribution < 1.29 is 9.90 Å². The number of hydrogen-bond donors (Lipinski definition) is 1. The number of hydrogen-bond acceptors (Lipinski definition) is 5. The molecule has 1 saturated heterocycles. The van der Waals surface area contributed by atoms with E-state index in [4.69, 9.17) is 0 Å². The Kier molecular flexibility index (Phi) is 4.49. The molecule has 5 nitrogen and oxygen atoms in total. The molecule has 2 heterocycles. The lowest BCUT2D eigenvalue weighted by atomic mass is 9.99. The van der Waals surface area contributed by atoms with Gasteiger partial charge in [-0.05, 0) is 30.9 Å². The third kappa shape index (κ3) is 2.65. The van der Waals surface area contributed by atoms with Gasteiger partial charge in [0.1, 0.15) is 5.94 Å². The predicted octanol–water partition coefficient (Wildman–Crippen LogP) is 2.01. The van der Waals surface area contributed by atoms with Crippen molar-refractivity contribution >= 4 is 49.5 Å². The van der Waals surface area contributed by atoms with E-state index in [2.05, 4.69) is 15.9 Å². The Labute approximate surface area is 139 Å². The molecule has 2 aromatic rings. The van der Waals surface area contributed by atoms with Gasteiger partial charge in [0.25, 0.3) is 0 Å². The van der Waals surface area contributed by atoms with Crippen LogP contribution in [0.4, 0.5) is 0 Å². The quantitative estimate of drug-likeness (QED) is 0.824. The molecule has 0 spiro atoms. The van der Waals surface area contributed by atoms with Gasteiger partial charge in [-0.1, -0.05) is 27.3 Å². The van der Waals surface area contributed by atoms with Gasteiger partial charge in [0.15, 0.2) is 0 Å². The fraction of sp³-hybridized carbons (Fsp3) is 0.400. The maximum atomic E-state index is 12.4. The summed E-state index contributed by atoms with van der Waals surface area (Å²) in [6.45, 7) is 1.62. The molecule has 0 atom stereocenters. The zero-order valence-electron chi connectivity index (χ0n) is 11.8. The van der Waals surface area contributed by atoms with Crippen molar-refractivity contribution in [3.8, 4) is 0 Å². The Morgan fingerprint density at radius 2 is 2.14 bits per heavy atom. The van der Waals surface area contributed by atoms with Gasteiger partial charge in [-0.25, -0.2) is 9.47 Å². The van der Waals surface area contributed by atoms with Crippen LogP contribution < -0.4 is 9.88 Å². The summed E-state index contributed by atoms with van der Waals surface area (Å²) >= 11 is 4.61. The van der Waals surface area contributed by atoms with Gasteiger partial charge in [0.05, 0.1) is 10.2 Å². The van der Waals surface area contributed by atoms with E-state index in [0.717, 1.165) is 27.5 Å². The molecule has 0 radical (unpaired) electrons. The lowest BCUT2D eigenvalue weighted by Crippen LogP contribution is -2.46. The summed E-state index contributed by atoms with van der Waals surface area (Å²) in [7, 11) is 0. The molecule has 1 N–H and O–H groups in total. The minimum atomic E-state index is -0.0592. The highest BCUT2D eigenvalue weighted by atomic mass is 79.9. The van der Waals surface area contributed by atoms with Crippen molar-refractivity contribution in [1.82, 2.24) is 4.68 Å². The first-order chi connectivity index (χ1) is 10.7. The second-order valence-corrected chi connectivity index (χ2v) is 7.18. The average Bonchev–Trinajstić information content (AvgIpc) is 2.87. The van der Waals surface area contributed by atoms with Crippen molar-refractivity contribution in [2.24, 2.45) is 5.92 Å². The highest BCUT2D eigenvalue weighted by Gasteiger charge is 2.23. The Morgan fingerprint density at radius 3 is 2.77 bits per heavy atom. The number of benzene rings is 1. The first-order valence-corrected chi connectivity index (χ1v) is 8.67. The van der Waals surface area contributed by atoms with Crippen molar-refractivity contribution in [3.63, 3.8) is 0 Å². The molecule has 7 heteroatoms. The summed E-state index contributed by atoms with van der Waals surface area (Å²) in [5.41, 5.74) is 1.42. The van der Waals surface area contributed by atoms with E-state index in [9.17, 15) is 14.7 Å². The van der Waals surface area contributed by atoms with Crippen LogP contribution in [0.2, 0.25) is 0 Å². The third-order valence-corrected chi connectivity index (χ3v) is 5.63. The zero-order valence-corrected chi connectivity index (χ0v) is 14.2. The van der Waals surface area contributed by atoms with Crippen LogP contribution >= 0.6 is 27.3 Å². The van der Waals surface area contributed by atoms with E-state index < -0.39 is 0 Å². The molecule has 0 bridgehead atoms. The van der Waals surface area contributed by atoms with E-state index in [1.807, 2.05) is 17.1 Å². The summed E-state index contributed by atoms with van der Waals surface area (Å²) in [4.78, 5) is 23.2. The second-order valence-electron chi connectivity index (χ2n) is 5.33.